The van der Waals surface area contributed by atoms with E-state index in [1.807, 2.05) is 13.8 Å². The molecule has 3 rings (SSSR count). The number of phenols is 1. The van der Waals surface area contributed by atoms with Gasteiger partial charge < -0.3 is 30.2 Å². The molecule has 0 saturated carbocycles. The fraction of sp³-hybridized carbons (Fsp3) is 0.240. The van der Waals surface area contributed by atoms with Crippen molar-refractivity contribution in [2.24, 2.45) is 0 Å². The van der Waals surface area contributed by atoms with E-state index < -0.39 is 11.9 Å². The van der Waals surface area contributed by atoms with Crippen LogP contribution in [0.15, 0.2) is 54.7 Å². The van der Waals surface area contributed by atoms with Gasteiger partial charge in [-0.05, 0) is 70.2 Å². The number of amides is 2. The zero-order valence-electron chi connectivity index (χ0n) is 19.3. The number of carbonyl (C=O) groups is 3. The molecule has 9 heteroatoms. The van der Waals surface area contributed by atoms with E-state index in [0.29, 0.717) is 17.1 Å². The summed E-state index contributed by atoms with van der Waals surface area (Å²) in [6.45, 7) is 7.14. The molecule has 0 saturated heterocycles. The van der Waals surface area contributed by atoms with Crippen LogP contribution < -0.4 is 15.4 Å². The highest BCUT2D eigenvalue weighted by Gasteiger charge is 2.18. The van der Waals surface area contributed by atoms with Crippen LogP contribution >= 0.6 is 0 Å². The van der Waals surface area contributed by atoms with Crippen molar-refractivity contribution in [3.05, 3.63) is 71.5 Å². The molecular formula is C25H27N3O6. The number of nitrogens with one attached hydrogen (secondary N) is 3. The lowest BCUT2D eigenvalue weighted by molar-refractivity contribution is 0.0377. The SMILES string of the molecule is CC(C)OC(=O)c1ccc(NC(=O)c2ccc(NC(=O)c3ccc[nH]3)cc2O)c(OC(C)C)c1. The highest BCUT2D eigenvalue weighted by atomic mass is 16.5. The van der Waals surface area contributed by atoms with Crippen LogP contribution in [0, 0.1) is 0 Å². The summed E-state index contributed by atoms with van der Waals surface area (Å²) in [7, 11) is 0. The van der Waals surface area contributed by atoms with Gasteiger partial charge in [0.25, 0.3) is 11.8 Å². The Hall–Kier alpha value is -4.27. The molecule has 34 heavy (non-hydrogen) atoms. The van der Waals surface area contributed by atoms with Crippen molar-refractivity contribution in [1.29, 1.82) is 0 Å². The van der Waals surface area contributed by atoms with Crippen molar-refractivity contribution in [3.63, 3.8) is 0 Å². The second kappa shape index (κ2) is 10.6. The molecule has 4 N–H and O–H groups in total. The average molecular weight is 466 g/mol. The van der Waals surface area contributed by atoms with Crippen LogP contribution in [0.5, 0.6) is 11.5 Å². The van der Waals surface area contributed by atoms with Crippen LogP contribution in [0.25, 0.3) is 0 Å². The summed E-state index contributed by atoms with van der Waals surface area (Å²) in [5.74, 6) is -1.50. The van der Waals surface area contributed by atoms with Crippen molar-refractivity contribution >= 4 is 29.2 Å². The minimum Gasteiger partial charge on any atom is -0.507 e. The zero-order chi connectivity index (χ0) is 24.8. The fourth-order valence-corrected chi connectivity index (χ4v) is 3.05. The molecule has 2 aromatic carbocycles. The van der Waals surface area contributed by atoms with Crippen LogP contribution in [-0.2, 0) is 4.74 Å². The van der Waals surface area contributed by atoms with Gasteiger partial charge in [-0.1, -0.05) is 0 Å². The van der Waals surface area contributed by atoms with Crippen molar-refractivity contribution in [2.45, 2.75) is 39.9 Å². The Bertz CT molecular complexity index is 1190. The quantitative estimate of drug-likeness (QED) is 0.361. The molecular weight excluding hydrogens is 438 g/mol. The third-order valence-corrected chi connectivity index (χ3v) is 4.51. The second-order valence-electron chi connectivity index (χ2n) is 8.06. The highest BCUT2D eigenvalue weighted by Crippen LogP contribution is 2.30. The maximum atomic E-state index is 12.8. The van der Waals surface area contributed by atoms with Crippen LogP contribution in [-0.4, -0.2) is 40.1 Å². The van der Waals surface area contributed by atoms with Crippen LogP contribution in [0.3, 0.4) is 0 Å². The molecule has 0 aliphatic rings. The van der Waals surface area contributed by atoms with Gasteiger partial charge in [-0.2, -0.15) is 0 Å². The zero-order valence-corrected chi connectivity index (χ0v) is 19.3. The largest absolute Gasteiger partial charge is 0.507 e. The Morgan fingerprint density at radius 2 is 1.68 bits per heavy atom. The number of hydrogen-bond donors (Lipinski definition) is 4. The van der Waals surface area contributed by atoms with Crippen molar-refractivity contribution in [2.75, 3.05) is 10.6 Å². The maximum Gasteiger partial charge on any atom is 0.338 e. The van der Waals surface area contributed by atoms with Crippen LogP contribution in [0.1, 0.15) is 58.9 Å². The number of phenolic OH excluding ortho intramolecular Hbond substituents is 1. The predicted octanol–water partition coefficient (Wildman–Crippen LogP) is 4.58. The summed E-state index contributed by atoms with van der Waals surface area (Å²) in [6.07, 6.45) is 1.12. The first-order valence-electron chi connectivity index (χ1n) is 10.7. The minimum absolute atomic E-state index is 0.00309. The number of carbonyl (C=O) groups excluding carboxylic acids is 3. The number of anilines is 2. The molecule has 1 heterocycles. The van der Waals surface area contributed by atoms with E-state index in [4.69, 9.17) is 9.47 Å². The van der Waals surface area contributed by atoms with Gasteiger partial charge in [0.1, 0.15) is 17.2 Å². The minimum atomic E-state index is -0.592. The monoisotopic (exact) mass is 465 g/mol. The van der Waals surface area contributed by atoms with Gasteiger partial charge in [0.05, 0.1) is 29.0 Å². The third-order valence-electron chi connectivity index (χ3n) is 4.51. The molecule has 178 valence electrons. The molecule has 0 spiro atoms. The van der Waals surface area contributed by atoms with Gasteiger partial charge in [-0.25, -0.2) is 4.79 Å². The maximum absolute atomic E-state index is 12.8. The van der Waals surface area contributed by atoms with Crippen molar-refractivity contribution in [1.82, 2.24) is 4.98 Å². The number of rotatable bonds is 8. The van der Waals surface area contributed by atoms with E-state index in [1.54, 1.807) is 32.2 Å². The summed E-state index contributed by atoms with van der Waals surface area (Å²) in [6, 6.07) is 12.0. The highest BCUT2D eigenvalue weighted by molar-refractivity contribution is 6.08. The van der Waals surface area contributed by atoms with E-state index in [2.05, 4.69) is 15.6 Å². The van der Waals surface area contributed by atoms with E-state index >= 15 is 0 Å². The van der Waals surface area contributed by atoms with E-state index in [0.717, 1.165) is 0 Å². The van der Waals surface area contributed by atoms with Gasteiger partial charge in [-0.15, -0.1) is 0 Å². The standard InChI is InChI=1S/C25H27N3O6/c1-14(2)33-22-12-16(25(32)34-15(3)4)7-10-19(22)28-23(30)18-9-8-17(13-21(18)29)27-24(31)20-6-5-11-26-20/h5-15,26,29H,1-4H3,(H,27,31)(H,28,30). The van der Waals surface area contributed by atoms with Crippen LogP contribution in [0.2, 0.25) is 0 Å². The second-order valence-corrected chi connectivity index (χ2v) is 8.06. The molecule has 0 aliphatic heterocycles. The molecule has 2 amide bonds. The Balaban J connectivity index is 1.78. The number of ether oxygens (including phenoxy) is 2. The van der Waals surface area contributed by atoms with Crippen LogP contribution in [0.4, 0.5) is 11.4 Å². The summed E-state index contributed by atoms with van der Waals surface area (Å²) >= 11 is 0. The average Bonchev–Trinajstić information content (AvgIpc) is 3.29. The lowest BCUT2D eigenvalue weighted by Gasteiger charge is -2.17. The molecule has 1 aromatic heterocycles. The Labute approximate surface area is 197 Å². The van der Waals surface area contributed by atoms with Gasteiger partial charge in [0.15, 0.2) is 0 Å². The number of esters is 1. The molecule has 9 nitrogen and oxygen atoms in total. The fourth-order valence-electron chi connectivity index (χ4n) is 3.05. The molecule has 0 bridgehead atoms. The number of hydrogen-bond acceptors (Lipinski definition) is 6. The number of H-pyrrole nitrogens is 1. The Morgan fingerprint density at radius 3 is 2.29 bits per heavy atom. The topological polar surface area (TPSA) is 130 Å². The van der Waals surface area contributed by atoms with Gasteiger partial charge in [0.2, 0.25) is 0 Å². The molecule has 3 aromatic rings. The lowest BCUT2D eigenvalue weighted by Crippen LogP contribution is -2.17. The number of aromatic nitrogens is 1. The molecule has 0 radical (unpaired) electrons. The number of aromatic amines is 1. The van der Waals surface area contributed by atoms with Crippen molar-refractivity contribution < 1.29 is 29.0 Å². The molecule has 0 unspecified atom stereocenters. The summed E-state index contributed by atoms with van der Waals surface area (Å²) < 4.78 is 11.0. The van der Waals surface area contributed by atoms with Crippen molar-refractivity contribution in [3.8, 4) is 11.5 Å². The Morgan fingerprint density at radius 1 is 0.912 bits per heavy atom. The third kappa shape index (κ3) is 6.16. The smallest absolute Gasteiger partial charge is 0.338 e. The van der Waals surface area contributed by atoms with Gasteiger partial charge in [-0.3, -0.25) is 9.59 Å². The first kappa shape index (κ1) is 24.4. The first-order valence-corrected chi connectivity index (χ1v) is 10.7. The van der Waals surface area contributed by atoms with E-state index in [9.17, 15) is 19.5 Å². The summed E-state index contributed by atoms with van der Waals surface area (Å²) in [4.78, 5) is 40.0. The first-order chi connectivity index (χ1) is 16.1. The number of benzene rings is 2. The van der Waals surface area contributed by atoms with E-state index in [1.165, 1.54) is 36.4 Å². The van der Waals surface area contributed by atoms with Gasteiger partial charge in [0, 0.05) is 18.0 Å². The number of aromatic hydroxyl groups is 1. The molecule has 0 atom stereocenters. The summed E-state index contributed by atoms with van der Waals surface area (Å²) in [5.41, 5.74) is 1.29. The summed E-state index contributed by atoms with van der Waals surface area (Å²) in [5, 5.41) is 15.7. The van der Waals surface area contributed by atoms with E-state index in [-0.39, 0.29) is 40.7 Å². The molecule has 0 aliphatic carbocycles. The van der Waals surface area contributed by atoms with Gasteiger partial charge >= 0.3 is 5.97 Å². The predicted molar refractivity (Wildman–Crippen MR) is 128 cm³/mol. The lowest BCUT2D eigenvalue weighted by atomic mass is 10.1. The Kier molecular flexibility index (Phi) is 7.57. The molecule has 0 fully saturated rings. The normalized spacial score (nSPS) is 10.8.